The zero-order chi connectivity index (χ0) is 8.43. The first-order valence-corrected chi connectivity index (χ1v) is 3.03. The van der Waals surface area contributed by atoms with Crippen LogP contribution in [0.25, 0.3) is 0 Å². The summed E-state index contributed by atoms with van der Waals surface area (Å²) in [6, 6.07) is 1.03. The van der Waals surface area contributed by atoms with Gasteiger partial charge in [-0.2, -0.15) is 4.39 Å². The number of hydrogen-bond donors (Lipinski definition) is 1. The molecule has 3 nitrogen and oxygen atoms in total. The number of nitrogens with two attached hydrogens (primary N) is 1. The Morgan fingerprint density at radius 1 is 1.73 bits per heavy atom. The molecule has 1 rings (SSSR count). The SMILES string of the molecule is Cc1cnc(F)cc1C(N)=O. The number of aromatic nitrogens is 1. The fourth-order valence-electron chi connectivity index (χ4n) is 0.764. The van der Waals surface area contributed by atoms with Crippen LogP contribution in [0.15, 0.2) is 12.3 Å². The van der Waals surface area contributed by atoms with Gasteiger partial charge in [0.25, 0.3) is 0 Å². The Balaban J connectivity index is 3.23. The molecule has 58 valence electrons. The Hall–Kier alpha value is -1.45. The molecule has 1 aromatic heterocycles. The Bertz CT molecular complexity index is 298. The summed E-state index contributed by atoms with van der Waals surface area (Å²) in [6.07, 6.45) is 1.27. The number of primary amides is 1. The van der Waals surface area contributed by atoms with Crippen LogP contribution in [0.1, 0.15) is 15.9 Å². The summed E-state index contributed by atoms with van der Waals surface area (Å²) in [5, 5.41) is 0. The van der Waals surface area contributed by atoms with Crippen molar-refractivity contribution in [2.75, 3.05) is 0 Å². The first-order valence-electron chi connectivity index (χ1n) is 3.03. The van der Waals surface area contributed by atoms with E-state index >= 15 is 0 Å². The maximum atomic E-state index is 12.4. The second-order valence-electron chi connectivity index (χ2n) is 2.19. The van der Waals surface area contributed by atoms with Gasteiger partial charge in [-0.1, -0.05) is 0 Å². The fraction of sp³-hybridized carbons (Fsp3) is 0.143. The van der Waals surface area contributed by atoms with Crippen molar-refractivity contribution in [1.29, 1.82) is 0 Å². The summed E-state index contributed by atoms with van der Waals surface area (Å²) >= 11 is 0. The molecule has 0 spiro atoms. The third-order valence-electron chi connectivity index (χ3n) is 1.34. The molecule has 0 aliphatic carbocycles. The topological polar surface area (TPSA) is 56.0 Å². The van der Waals surface area contributed by atoms with Crippen LogP contribution < -0.4 is 5.73 Å². The third kappa shape index (κ3) is 1.52. The van der Waals surface area contributed by atoms with Crippen molar-refractivity contribution in [3.05, 3.63) is 29.3 Å². The van der Waals surface area contributed by atoms with Gasteiger partial charge in [-0.15, -0.1) is 0 Å². The predicted octanol–water partition coefficient (Wildman–Crippen LogP) is 0.628. The minimum absolute atomic E-state index is 0.178. The Kier molecular flexibility index (Phi) is 1.85. The van der Waals surface area contributed by atoms with Crippen molar-refractivity contribution in [3.8, 4) is 0 Å². The lowest BCUT2D eigenvalue weighted by molar-refractivity contribution is 0.0999. The van der Waals surface area contributed by atoms with Crippen LogP contribution in [0.5, 0.6) is 0 Å². The maximum absolute atomic E-state index is 12.4. The van der Waals surface area contributed by atoms with Gasteiger partial charge in [-0.25, -0.2) is 4.98 Å². The molecule has 1 heterocycles. The highest BCUT2D eigenvalue weighted by molar-refractivity contribution is 5.94. The van der Waals surface area contributed by atoms with E-state index in [4.69, 9.17) is 5.73 Å². The van der Waals surface area contributed by atoms with E-state index in [1.807, 2.05) is 0 Å². The minimum Gasteiger partial charge on any atom is -0.366 e. The van der Waals surface area contributed by atoms with Gasteiger partial charge in [0, 0.05) is 17.8 Å². The Labute approximate surface area is 63.0 Å². The second kappa shape index (κ2) is 2.65. The van der Waals surface area contributed by atoms with Crippen molar-refractivity contribution < 1.29 is 9.18 Å². The highest BCUT2D eigenvalue weighted by Gasteiger charge is 2.05. The van der Waals surface area contributed by atoms with Gasteiger partial charge >= 0.3 is 0 Å². The summed E-state index contributed by atoms with van der Waals surface area (Å²) in [4.78, 5) is 13.9. The summed E-state index contributed by atoms with van der Waals surface area (Å²) in [6.45, 7) is 1.65. The van der Waals surface area contributed by atoms with Crippen LogP contribution in [0, 0.1) is 12.9 Å². The number of carbonyl (C=O) groups excluding carboxylic acids is 1. The molecule has 0 aliphatic rings. The van der Waals surface area contributed by atoms with Crippen molar-refractivity contribution in [3.63, 3.8) is 0 Å². The van der Waals surface area contributed by atoms with E-state index in [1.165, 1.54) is 6.20 Å². The Morgan fingerprint density at radius 3 is 2.82 bits per heavy atom. The molecular formula is C7H7FN2O. The fourth-order valence-corrected chi connectivity index (χ4v) is 0.764. The summed E-state index contributed by atoms with van der Waals surface area (Å²) < 4.78 is 12.4. The highest BCUT2D eigenvalue weighted by Crippen LogP contribution is 2.05. The summed E-state index contributed by atoms with van der Waals surface area (Å²) in [5.41, 5.74) is 5.71. The van der Waals surface area contributed by atoms with E-state index in [0.29, 0.717) is 5.56 Å². The molecule has 0 saturated heterocycles. The zero-order valence-corrected chi connectivity index (χ0v) is 5.97. The molecule has 0 aromatic carbocycles. The molecule has 0 aliphatic heterocycles. The number of amides is 1. The molecule has 2 N–H and O–H groups in total. The molecule has 0 bridgehead atoms. The number of pyridine rings is 1. The largest absolute Gasteiger partial charge is 0.366 e. The third-order valence-corrected chi connectivity index (χ3v) is 1.34. The van der Waals surface area contributed by atoms with Gasteiger partial charge in [0.1, 0.15) is 0 Å². The lowest BCUT2D eigenvalue weighted by atomic mass is 10.1. The summed E-state index contributed by atoms with van der Waals surface area (Å²) in [5.74, 6) is -1.33. The van der Waals surface area contributed by atoms with Crippen molar-refractivity contribution in [2.24, 2.45) is 5.73 Å². The van der Waals surface area contributed by atoms with Crippen LogP contribution in [-0.4, -0.2) is 10.9 Å². The number of carbonyl (C=O) groups is 1. The lowest BCUT2D eigenvalue weighted by Crippen LogP contribution is -2.13. The molecule has 0 radical (unpaired) electrons. The lowest BCUT2D eigenvalue weighted by Gasteiger charge is -1.98. The van der Waals surface area contributed by atoms with Crippen LogP contribution in [-0.2, 0) is 0 Å². The monoisotopic (exact) mass is 154 g/mol. The summed E-state index contributed by atoms with van der Waals surface area (Å²) in [7, 11) is 0. The number of nitrogens with zero attached hydrogens (tertiary/aromatic N) is 1. The standard InChI is InChI=1S/C7H7FN2O/c1-4-3-10-6(8)2-5(4)7(9)11/h2-3H,1H3,(H2,9,11). The van der Waals surface area contributed by atoms with Gasteiger partial charge in [-0.05, 0) is 12.5 Å². The zero-order valence-electron chi connectivity index (χ0n) is 5.97. The number of rotatable bonds is 1. The maximum Gasteiger partial charge on any atom is 0.249 e. The number of halogens is 1. The average molecular weight is 154 g/mol. The first kappa shape index (κ1) is 7.65. The molecular weight excluding hydrogens is 147 g/mol. The molecule has 0 fully saturated rings. The predicted molar refractivity (Wildman–Crippen MR) is 37.4 cm³/mol. The van der Waals surface area contributed by atoms with E-state index in [9.17, 15) is 9.18 Å². The quantitative estimate of drug-likeness (QED) is 0.603. The first-order chi connectivity index (χ1) is 5.11. The van der Waals surface area contributed by atoms with E-state index in [-0.39, 0.29) is 5.56 Å². The second-order valence-corrected chi connectivity index (χ2v) is 2.19. The van der Waals surface area contributed by atoms with Crippen LogP contribution in [0.3, 0.4) is 0 Å². The molecule has 0 saturated carbocycles. The molecule has 11 heavy (non-hydrogen) atoms. The van der Waals surface area contributed by atoms with E-state index in [0.717, 1.165) is 6.07 Å². The van der Waals surface area contributed by atoms with E-state index in [2.05, 4.69) is 4.98 Å². The van der Waals surface area contributed by atoms with Gasteiger partial charge in [-0.3, -0.25) is 4.79 Å². The van der Waals surface area contributed by atoms with Crippen molar-refractivity contribution >= 4 is 5.91 Å². The molecule has 1 aromatic rings. The normalized spacial score (nSPS) is 9.64. The molecule has 4 heteroatoms. The number of aryl methyl sites for hydroxylation is 1. The van der Waals surface area contributed by atoms with E-state index < -0.39 is 11.9 Å². The van der Waals surface area contributed by atoms with Gasteiger partial charge < -0.3 is 5.73 Å². The van der Waals surface area contributed by atoms with Gasteiger partial charge in [0.15, 0.2) is 0 Å². The molecule has 0 atom stereocenters. The van der Waals surface area contributed by atoms with Crippen LogP contribution in [0.2, 0.25) is 0 Å². The Morgan fingerprint density at radius 2 is 2.36 bits per heavy atom. The number of hydrogen-bond acceptors (Lipinski definition) is 2. The smallest absolute Gasteiger partial charge is 0.249 e. The average Bonchev–Trinajstić information content (AvgIpc) is 1.94. The van der Waals surface area contributed by atoms with Crippen molar-refractivity contribution in [2.45, 2.75) is 6.92 Å². The van der Waals surface area contributed by atoms with E-state index in [1.54, 1.807) is 6.92 Å². The highest BCUT2D eigenvalue weighted by atomic mass is 19.1. The van der Waals surface area contributed by atoms with Gasteiger partial charge in [0.05, 0.1) is 0 Å². The van der Waals surface area contributed by atoms with Crippen LogP contribution in [0.4, 0.5) is 4.39 Å². The van der Waals surface area contributed by atoms with Crippen molar-refractivity contribution in [1.82, 2.24) is 4.98 Å². The minimum atomic E-state index is -0.690. The van der Waals surface area contributed by atoms with Crippen LogP contribution >= 0.6 is 0 Å². The molecule has 1 amide bonds. The molecule has 0 unspecified atom stereocenters. The van der Waals surface area contributed by atoms with Gasteiger partial charge in [0.2, 0.25) is 11.9 Å².